The third kappa shape index (κ3) is 18.9. The Morgan fingerprint density at radius 1 is 0.714 bits per heavy atom. The summed E-state index contributed by atoms with van der Waals surface area (Å²) < 4.78 is 45.0. The summed E-state index contributed by atoms with van der Waals surface area (Å²) in [5.74, 6) is 0.750. The summed E-state index contributed by atoms with van der Waals surface area (Å²) in [6.45, 7) is 5.48. The summed E-state index contributed by atoms with van der Waals surface area (Å²) in [6, 6.07) is 1.84. The predicted octanol–water partition coefficient (Wildman–Crippen LogP) is -0.768. The van der Waals surface area contributed by atoms with Crippen molar-refractivity contribution in [3.8, 4) is 0 Å². The van der Waals surface area contributed by atoms with Crippen LogP contribution in [0.3, 0.4) is 0 Å². The van der Waals surface area contributed by atoms with Gasteiger partial charge in [-0.25, -0.2) is 0 Å². The van der Waals surface area contributed by atoms with E-state index >= 15 is 0 Å². The molecule has 1 aliphatic rings. The van der Waals surface area contributed by atoms with Gasteiger partial charge in [-0.2, -0.15) is 0 Å². The van der Waals surface area contributed by atoms with Gasteiger partial charge in [-0.3, -0.25) is 0 Å². The SMILES string of the molecule is CC(N)C1CNC1.CO[SiH](OC)OC.CO[Si](CCCN)(OC)OC.CO[Si](CCN)(OC)OC. The van der Waals surface area contributed by atoms with E-state index in [1.807, 2.05) is 0 Å². The Labute approximate surface area is 217 Å². The molecule has 0 spiro atoms. The van der Waals surface area contributed by atoms with Gasteiger partial charge in [0.05, 0.1) is 0 Å². The van der Waals surface area contributed by atoms with Crippen LogP contribution in [-0.2, 0) is 39.8 Å². The lowest BCUT2D eigenvalue weighted by atomic mass is 9.96. The zero-order valence-electron chi connectivity index (χ0n) is 23.6. The maximum Gasteiger partial charge on any atom is 0.501 e. The normalized spacial score (nSPS) is 14.6. The summed E-state index contributed by atoms with van der Waals surface area (Å²) >= 11 is 0. The van der Waals surface area contributed by atoms with Gasteiger partial charge in [-0.1, -0.05) is 0 Å². The van der Waals surface area contributed by atoms with Crippen molar-refractivity contribution in [2.45, 2.75) is 31.5 Å². The van der Waals surface area contributed by atoms with Crippen LogP contribution in [0.5, 0.6) is 0 Å². The predicted molar refractivity (Wildman–Crippen MR) is 144 cm³/mol. The number of rotatable bonds is 15. The number of hydrogen-bond acceptors (Lipinski definition) is 13. The van der Waals surface area contributed by atoms with Gasteiger partial charge in [-0.05, 0) is 32.4 Å². The fourth-order valence-corrected chi connectivity index (χ4v) is 6.37. The van der Waals surface area contributed by atoms with E-state index in [9.17, 15) is 0 Å². The van der Waals surface area contributed by atoms with Crippen LogP contribution in [0.15, 0.2) is 0 Å². The minimum Gasteiger partial charge on any atom is -0.379 e. The van der Waals surface area contributed by atoms with Crippen LogP contribution in [0.2, 0.25) is 12.1 Å². The van der Waals surface area contributed by atoms with Gasteiger partial charge in [0.25, 0.3) is 0 Å². The van der Waals surface area contributed by atoms with Gasteiger partial charge in [0.15, 0.2) is 0 Å². The van der Waals surface area contributed by atoms with Gasteiger partial charge in [0, 0.05) is 95.2 Å². The minimum absolute atomic E-state index is 0.390. The second-order valence-corrected chi connectivity index (χ2v) is 15.5. The van der Waals surface area contributed by atoms with Gasteiger partial charge < -0.3 is 62.4 Å². The summed E-state index contributed by atoms with van der Waals surface area (Å²) in [5.41, 5.74) is 16.2. The maximum atomic E-state index is 5.56. The van der Waals surface area contributed by atoms with Crippen molar-refractivity contribution in [2.75, 3.05) is 90.2 Å². The van der Waals surface area contributed by atoms with Gasteiger partial charge >= 0.3 is 27.1 Å². The Morgan fingerprint density at radius 2 is 1.09 bits per heavy atom. The van der Waals surface area contributed by atoms with Crippen molar-refractivity contribution in [1.82, 2.24) is 5.32 Å². The third-order valence-corrected chi connectivity index (χ3v) is 11.9. The van der Waals surface area contributed by atoms with Crippen LogP contribution in [0.1, 0.15) is 13.3 Å². The first-order valence-corrected chi connectivity index (χ1v) is 16.7. The summed E-state index contributed by atoms with van der Waals surface area (Å²) in [6.07, 6.45) is 0.877. The first-order chi connectivity index (χ1) is 16.6. The molecule has 1 rings (SSSR count). The molecule has 13 nitrogen and oxygen atoms in total. The van der Waals surface area contributed by atoms with E-state index in [1.165, 1.54) is 0 Å². The maximum absolute atomic E-state index is 5.56. The molecule has 216 valence electrons. The molecule has 0 radical (unpaired) electrons. The van der Waals surface area contributed by atoms with Crippen molar-refractivity contribution in [1.29, 1.82) is 0 Å². The van der Waals surface area contributed by atoms with Crippen molar-refractivity contribution in [2.24, 2.45) is 23.1 Å². The van der Waals surface area contributed by atoms with E-state index in [-0.39, 0.29) is 0 Å². The van der Waals surface area contributed by atoms with Crippen LogP contribution < -0.4 is 22.5 Å². The average Bonchev–Trinajstić information content (AvgIpc) is 2.85. The molecule has 1 aliphatic heterocycles. The first kappa shape index (κ1) is 39.6. The summed E-state index contributed by atoms with van der Waals surface area (Å²) in [7, 11) is 7.94. The zero-order valence-corrected chi connectivity index (χ0v) is 26.7. The van der Waals surface area contributed by atoms with Crippen LogP contribution in [0, 0.1) is 5.92 Å². The summed E-state index contributed by atoms with van der Waals surface area (Å²) in [5, 5.41) is 3.16. The average molecular weight is 567 g/mol. The highest BCUT2D eigenvalue weighted by molar-refractivity contribution is 6.60. The van der Waals surface area contributed by atoms with E-state index in [1.54, 1.807) is 64.0 Å². The fraction of sp³-hybridized carbons (Fsp3) is 1.00. The Morgan fingerprint density at radius 3 is 1.20 bits per heavy atom. The van der Waals surface area contributed by atoms with Gasteiger partial charge in [-0.15, -0.1) is 0 Å². The van der Waals surface area contributed by atoms with Crippen molar-refractivity contribution >= 4 is 27.1 Å². The molecule has 0 bridgehead atoms. The number of nitrogens with one attached hydrogen (secondary N) is 1. The van der Waals surface area contributed by atoms with Gasteiger partial charge in [0.1, 0.15) is 0 Å². The molecule has 0 aliphatic carbocycles. The molecule has 0 aromatic heterocycles. The molecule has 0 saturated carbocycles. The van der Waals surface area contributed by atoms with Crippen molar-refractivity contribution < 1.29 is 39.8 Å². The third-order valence-electron chi connectivity index (χ3n) is 5.14. The van der Waals surface area contributed by atoms with Gasteiger partial charge in [0.2, 0.25) is 0 Å². The molecule has 1 saturated heterocycles. The number of hydrogen-bond donors (Lipinski definition) is 4. The lowest BCUT2D eigenvalue weighted by molar-refractivity contribution is 0.123. The quantitative estimate of drug-likeness (QED) is 0.182. The molecule has 0 aromatic carbocycles. The smallest absolute Gasteiger partial charge is 0.379 e. The molecule has 16 heteroatoms. The van der Waals surface area contributed by atoms with Crippen LogP contribution in [0.4, 0.5) is 0 Å². The fourth-order valence-electron chi connectivity index (χ4n) is 2.58. The molecule has 0 amide bonds. The molecular weight excluding hydrogens is 512 g/mol. The van der Waals surface area contributed by atoms with E-state index in [0.29, 0.717) is 25.2 Å². The zero-order chi connectivity index (χ0) is 27.8. The van der Waals surface area contributed by atoms with Crippen LogP contribution in [-0.4, -0.2) is 123 Å². The summed E-state index contributed by atoms with van der Waals surface area (Å²) in [4.78, 5) is 0. The molecule has 1 fully saturated rings. The Bertz CT molecular complexity index is 409. The van der Waals surface area contributed by atoms with E-state index in [4.69, 9.17) is 57.0 Å². The topological polar surface area (TPSA) is 173 Å². The van der Waals surface area contributed by atoms with E-state index < -0.39 is 27.1 Å². The molecule has 1 unspecified atom stereocenters. The lowest BCUT2D eigenvalue weighted by Crippen LogP contribution is -2.50. The van der Waals surface area contributed by atoms with E-state index in [2.05, 4.69) is 12.2 Å². The molecule has 1 atom stereocenters. The molecule has 7 N–H and O–H groups in total. The first-order valence-electron chi connectivity index (χ1n) is 11.4. The second kappa shape index (κ2) is 25.8. The molecule has 1 heterocycles. The molecular formula is C19H54N4O9Si3. The Balaban J connectivity index is -0.000000397. The van der Waals surface area contributed by atoms with Crippen LogP contribution in [0.25, 0.3) is 0 Å². The highest BCUT2D eigenvalue weighted by Crippen LogP contribution is 2.13. The Kier molecular flexibility index (Phi) is 29.2. The van der Waals surface area contributed by atoms with Crippen molar-refractivity contribution in [3.63, 3.8) is 0 Å². The minimum atomic E-state index is -2.34. The lowest BCUT2D eigenvalue weighted by Gasteiger charge is -2.30. The standard InChI is InChI=1S/C6H17NO3Si.C5H12N2.C5H15NO3Si.C3H10O3Si/c1-8-11(9-2,10-3)6-4-5-7;1-4(6)5-2-7-3-5;1-7-10(8-2,9-3)5-4-6;1-4-7(5-2)6-3/h4-7H2,1-3H3;4-5,7H,2-3,6H2,1H3;4-6H2,1-3H3;7H,1-3H3. The monoisotopic (exact) mass is 566 g/mol. The highest BCUT2D eigenvalue weighted by atomic mass is 28.4. The van der Waals surface area contributed by atoms with Crippen LogP contribution >= 0.6 is 0 Å². The highest BCUT2D eigenvalue weighted by Gasteiger charge is 2.37. The van der Waals surface area contributed by atoms with Crippen molar-refractivity contribution in [3.05, 3.63) is 0 Å². The van der Waals surface area contributed by atoms with E-state index in [0.717, 1.165) is 31.5 Å². The largest absolute Gasteiger partial charge is 0.501 e. The number of nitrogens with two attached hydrogens (primary N) is 3. The second-order valence-electron chi connectivity index (χ2n) is 7.29. The molecule has 0 aromatic rings. The molecule has 35 heavy (non-hydrogen) atoms. The Hall–Kier alpha value is 0.131.